The van der Waals surface area contributed by atoms with Gasteiger partial charge in [0.25, 0.3) is 0 Å². The monoisotopic (exact) mass is 274 g/mol. The van der Waals surface area contributed by atoms with Gasteiger partial charge in [0.15, 0.2) is 0 Å². The molecule has 1 aromatic carbocycles. The lowest BCUT2D eigenvalue weighted by atomic mass is 10.2. The van der Waals surface area contributed by atoms with Gasteiger partial charge in [0.1, 0.15) is 5.01 Å². The smallest absolute Gasteiger partial charge is 0.112 e. The molecule has 0 aliphatic carbocycles. The first kappa shape index (κ1) is 11.7. The summed E-state index contributed by atoms with van der Waals surface area (Å²) in [6, 6.07) is 8.65. The molecule has 0 fully saturated rings. The molecule has 0 saturated heterocycles. The number of hydrogen-bond acceptors (Lipinski definition) is 4. The van der Waals surface area contributed by atoms with Crippen LogP contribution in [0.2, 0.25) is 0 Å². The van der Waals surface area contributed by atoms with Crippen LogP contribution in [-0.2, 0) is 6.54 Å². The Hall–Kier alpha value is -1.39. The maximum Gasteiger partial charge on any atom is 0.112 e. The highest BCUT2D eigenvalue weighted by molar-refractivity contribution is 7.17. The summed E-state index contributed by atoms with van der Waals surface area (Å²) in [5, 5.41) is 8.01. The van der Waals surface area contributed by atoms with Gasteiger partial charge in [-0.1, -0.05) is 0 Å². The van der Waals surface area contributed by atoms with E-state index in [9.17, 15) is 0 Å². The van der Waals surface area contributed by atoms with E-state index in [1.54, 1.807) is 22.7 Å². The summed E-state index contributed by atoms with van der Waals surface area (Å²) in [7, 11) is 0. The fraction of sp³-hybridized carbons (Fsp3) is 0.214. The molecular weight excluding hydrogens is 260 g/mol. The molecule has 2 nitrogen and oxygen atoms in total. The summed E-state index contributed by atoms with van der Waals surface area (Å²) >= 11 is 3.55. The van der Waals surface area contributed by atoms with E-state index in [4.69, 9.17) is 0 Å². The Balaban J connectivity index is 1.76. The van der Waals surface area contributed by atoms with Gasteiger partial charge in [-0.05, 0) is 48.9 Å². The fourth-order valence-corrected chi connectivity index (χ4v) is 3.51. The number of thiophene rings is 1. The van der Waals surface area contributed by atoms with Crippen LogP contribution in [0.3, 0.4) is 0 Å². The van der Waals surface area contributed by atoms with E-state index in [1.807, 2.05) is 0 Å². The lowest BCUT2D eigenvalue weighted by molar-refractivity contribution is 1.07. The number of thiazole rings is 1. The summed E-state index contributed by atoms with van der Waals surface area (Å²) in [4.78, 5) is 5.84. The van der Waals surface area contributed by atoms with Crippen molar-refractivity contribution in [2.75, 3.05) is 5.32 Å². The van der Waals surface area contributed by atoms with Gasteiger partial charge in [-0.3, -0.25) is 0 Å². The molecule has 0 atom stereocenters. The molecule has 2 heterocycles. The largest absolute Gasteiger partial charge is 0.379 e. The van der Waals surface area contributed by atoms with E-state index >= 15 is 0 Å². The van der Waals surface area contributed by atoms with Crippen molar-refractivity contribution in [2.45, 2.75) is 20.4 Å². The Morgan fingerprint density at radius 1 is 1.22 bits per heavy atom. The highest BCUT2D eigenvalue weighted by Gasteiger charge is 2.03. The summed E-state index contributed by atoms with van der Waals surface area (Å²) in [5.41, 5.74) is 2.30. The number of aromatic nitrogens is 1. The average Bonchev–Trinajstić information content (AvgIpc) is 2.94. The standard InChI is InChI=1S/C14H14N2S2/c1-9-10(2)18-14(16-9)8-15-12-3-4-13-11(7-12)5-6-17-13/h3-7,15H,8H2,1-2H3. The van der Waals surface area contributed by atoms with Crippen molar-refractivity contribution in [3.8, 4) is 0 Å². The molecule has 0 bridgehead atoms. The maximum atomic E-state index is 4.54. The van der Waals surface area contributed by atoms with Crippen LogP contribution in [0.15, 0.2) is 29.6 Å². The van der Waals surface area contributed by atoms with Crippen molar-refractivity contribution in [1.29, 1.82) is 0 Å². The predicted octanol–water partition coefficient (Wildman–Crippen LogP) is 4.59. The third kappa shape index (κ3) is 2.26. The highest BCUT2D eigenvalue weighted by atomic mass is 32.1. The normalized spacial score (nSPS) is 11.0. The first-order valence-corrected chi connectivity index (χ1v) is 7.56. The van der Waals surface area contributed by atoms with Gasteiger partial charge < -0.3 is 5.32 Å². The third-order valence-electron chi connectivity index (χ3n) is 2.97. The van der Waals surface area contributed by atoms with Crippen LogP contribution in [0, 0.1) is 13.8 Å². The highest BCUT2D eigenvalue weighted by Crippen LogP contribution is 2.24. The Bertz CT molecular complexity index is 662. The molecule has 2 aromatic heterocycles. The molecule has 0 aliphatic heterocycles. The topological polar surface area (TPSA) is 24.9 Å². The molecule has 0 spiro atoms. The molecule has 92 valence electrons. The summed E-state index contributed by atoms with van der Waals surface area (Å²) < 4.78 is 1.33. The summed E-state index contributed by atoms with van der Waals surface area (Å²) in [5.74, 6) is 0. The van der Waals surface area contributed by atoms with E-state index in [0.29, 0.717) is 0 Å². The zero-order chi connectivity index (χ0) is 12.5. The van der Waals surface area contributed by atoms with E-state index in [2.05, 4.69) is 53.8 Å². The number of anilines is 1. The molecule has 0 amide bonds. The molecule has 3 rings (SSSR count). The molecule has 4 heteroatoms. The van der Waals surface area contributed by atoms with Crippen molar-refractivity contribution >= 4 is 38.4 Å². The van der Waals surface area contributed by atoms with Crippen LogP contribution >= 0.6 is 22.7 Å². The number of nitrogens with one attached hydrogen (secondary N) is 1. The van der Waals surface area contributed by atoms with Crippen molar-refractivity contribution in [3.63, 3.8) is 0 Å². The minimum Gasteiger partial charge on any atom is -0.379 e. The zero-order valence-corrected chi connectivity index (χ0v) is 12.0. The van der Waals surface area contributed by atoms with E-state index in [-0.39, 0.29) is 0 Å². The Morgan fingerprint density at radius 3 is 2.89 bits per heavy atom. The van der Waals surface area contributed by atoms with Crippen LogP contribution in [0.4, 0.5) is 5.69 Å². The van der Waals surface area contributed by atoms with Crippen LogP contribution in [0.25, 0.3) is 10.1 Å². The van der Waals surface area contributed by atoms with Crippen LogP contribution in [0.1, 0.15) is 15.6 Å². The second-order valence-corrected chi connectivity index (χ2v) is 6.51. The summed E-state index contributed by atoms with van der Waals surface area (Å²) in [6.45, 7) is 4.98. The van der Waals surface area contributed by atoms with Gasteiger partial charge in [0.2, 0.25) is 0 Å². The van der Waals surface area contributed by atoms with Crippen molar-refractivity contribution in [2.24, 2.45) is 0 Å². The quantitative estimate of drug-likeness (QED) is 0.755. The molecule has 1 N–H and O–H groups in total. The first-order chi connectivity index (χ1) is 8.72. The molecule has 18 heavy (non-hydrogen) atoms. The molecule has 0 unspecified atom stereocenters. The lowest BCUT2D eigenvalue weighted by Crippen LogP contribution is -1.98. The Kier molecular flexibility index (Phi) is 3.06. The van der Waals surface area contributed by atoms with Gasteiger partial charge in [-0.25, -0.2) is 4.98 Å². The predicted molar refractivity (Wildman–Crippen MR) is 80.7 cm³/mol. The number of hydrogen-bond donors (Lipinski definition) is 1. The van der Waals surface area contributed by atoms with Crippen molar-refractivity contribution in [1.82, 2.24) is 4.98 Å². The van der Waals surface area contributed by atoms with Crippen LogP contribution in [0.5, 0.6) is 0 Å². The first-order valence-electron chi connectivity index (χ1n) is 5.86. The maximum absolute atomic E-state index is 4.54. The minimum absolute atomic E-state index is 0.801. The van der Waals surface area contributed by atoms with Crippen molar-refractivity contribution in [3.05, 3.63) is 45.2 Å². The van der Waals surface area contributed by atoms with Crippen molar-refractivity contribution < 1.29 is 0 Å². The Labute approximate surface area is 114 Å². The van der Waals surface area contributed by atoms with Gasteiger partial charge in [-0.2, -0.15) is 0 Å². The summed E-state index contributed by atoms with van der Waals surface area (Å²) in [6.07, 6.45) is 0. The second kappa shape index (κ2) is 4.71. The van der Waals surface area contributed by atoms with Crippen LogP contribution in [-0.4, -0.2) is 4.98 Å². The van der Waals surface area contributed by atoms with E-state index < -0.39 is 0 Å². The van der Waals surface area contributed by atoms with Gasteiger partial charge in [0.05, 0.1) is 12.2 Å². The number of aryl methyl sites for hydroxylation is 2. The van der Waals surface area contributed by atoms with Crippen LogP contribution < -0.4 is 5.32 Å². The number of rotatable bonds is 3. The minimum atomic E-state index is 0.801. The Morgan fingerprint density at radius 2 is 2.11 bits per heavy atom. The zero-order valence-electron chi connectivity index (χ0n) is 10.4. The average molecular weight is 274 g/mol. The van der Waals surface area contributed by atoms with Gasteiger partial charge in [-0.15, -0.1) is 22.7 Å². The van der Waals surface area contributed by atoms with E-state index in [1.165, 1.54) is 15.0 Å². The fourth-order valence-electron chi connectivity index (χ4n) is 1.87. The third-order valence-corrected chi connectivity index (χ3v) is 4.94. The lowest BCUT2D eigenvalue weighted by Gasteiger charge is -2.04. The van der Waals surface area contributed by atoms with E-state index in [0.717, 1.165) is 22.9 Å². The number of nitrogens with zero attached hydrogens (tertiary/aromatic N) is 1. The molecule has 0 radical (unpaired) electrons. The molecule has 0 aliphatic rings. The molecule has 0 saturated carbocycles. The molecular formula is C14H14N2S2. The number of benzene rings is 1. The van der Waals surface area contributed by atoms with Gasteiger partial charge in [0, 0.05) is 15.3 Å². The second-order valence-electron chi connectivity index (χ2n) is 4.28. The van der Waals surface area contributed by atoms with Gasteiger partial charge >= 0.3 is 0 Å². The molecule has 3 aromatic rings. The number of fused-ring (bicyclic) bond motifs is 1. The SMILES string of the molecule is Cc1nc(CNc2ccc3sccc3c2)sc1C.